The van der Waals surface area contributed by atoms with Crippen LogP contribution in [0.1, 0.15) is 24.8 Å². The predicted octanol–water partition coefficient (Wildman–Crippen LogP) is 1.85. The van der Waals surface area contributed by atoms with Crippen molar-refractivity contribution in [3.8, 4) is 0 Å². The molecule has 2 atom stereocenters. The van der Waals surface area contributed by atoms with Crippen LogP contribution in [0.5, 0.6) is 0 Å². The Morgan fingerprint density at radius 3 is 2.83 bits per heavy atom. The average Bonchev–Trinajstić information content (AvgIpc) is 3.26. The molecule has 8 heteroatoms. The number of rotatable bonds is 5. The van der Waals surface area contributed by atoms with Crippen molar-refractivity contribution in [3.63, 3.8) is 0 Å². The summed E-state index contributed by atoms with van der Waals surface area (Å²) in [5.74, 6) is 0.639. The Morgan fingerprint density at radius 1 is 1.43 bits per heavy atom. The second-order valence-electron chi connectivity index (χ2n) is 6.25. The summed E-state index contributed by atoms with van der Waals surface area (Å²) in [7, 11) is 1.68. The van der Waals surface area contributed by atoms with Gasteiger partial charge in [0.05, 0.1) is 4.92 Å². The molecule has 124 valence electrons. The Bertz CT molecular complexity index is 635. The van der Waals surface area contributed by atoms with Gasteiger partial charge in [-0.1, -0.05) is 11.6 Å². The van der Waals surface area contributed by atoms with Crippen LogP contribution in [0.2, 0.25) is 5.02 Å². The first-order chi connectivity index (χ1) is 11.0. The third-order valence-electron chi connectivity index (χ3n) is 4.45. The first kappa shape index (κ1) is 16.2. The van der Waals surface area contributed by atoms with Crippen LogP contribution in [0.3, 0.4) is 0 Å². The normalized spacial score (nSPS) is 23.7. The maximum Gasteiger partial charge on any atom is 0.269 e. The molecule has 2 unspecified atom stereocenters. The van der Waals surface area contributed by atoms with Crippen molar-refractivity contribution in [2.45, 2.75) is 37.9 Å². The van der Waals surface area contributed by atoms with Gasteiger partial charge >= 0.3 is 0 Å². The monoisotopic (exact) mass is 338 g/mol. The standard InChI is InChI=1S/C15H19ClN4O3/c1-19(8-10-6-11(20(22)23)4-5-12(10)16)15(21)14-7-13(17-18-14)9-2-3-9/h4-6,9,13-14,17-18H,2-3,7-8H2,1H3. The molecular formula is C15H19ClN4O3. The largest absolute Gasteiger partial charge is 0.340 e. The number of nitro benzene ring substituents is 1. The Kier molecular flexibility index (Phi) is 4.52. The Morgan fingerprint density at radius 2 is 2.17 bits per heavy atom. The molecule has 1 amide bonds. The second-order valence-corrected chi connectivity index (χ2v) is 6.66. The lowest BCUT2D eigenvalue weighted by Crippen LogP contribution is -2.44. The van der Waals surface area contributed by atoms with E-state index in [0.29, 0.717) is 22.5 Å². The van der Waals surface area contributed by atoms with E-state index in [2.05, 4.69) is 10.9 Å². The SMILES string of the molecule is CN(Cc1cc([N+](=O)[O-])ccc1Cl)C(=O)C1CC(C2CC2)NN1. The van der Waals surface area contributed by atoms with E-state index >= 15 is 0 Å². The molecule has 1 aromatic carbocycles. The second kappa shape index (κ2) is 6.43. The smallest absolute Gasteiger partial charge is 0.269 e. The molecule has 23 heavy (non-hydrogen) atoms. The highest BCUT2D eigenvalue weighted by atomic mass is 35.5. The number of carbonyl (C=O) groups excluding carboxylic acids is 1. The number of hydrazine groups is 1. The topological polar surface area (TPSA) is 87.5 Å². The van der Waals surface area contributed by atoms with Gasteiger partial charge in [-0.15, -0.1) is 0 Å². The Balaban J connectivity index is 1.64. The fraction of sp³-hybridized carbons (Fsp3) is 0.533. The van der Waals surface area contributed by atoms with Gasteiger partial charge in [-0.05, 0) is 36.8 Å². The van der Waals surface area contributed by atoms with Gasteiger partial charge in [-0.25, -0.2) is 5.43 Å². The Labute approximate surface area is 139 Å². The van der Waals surface area contributed by atoms with Gasteiger partial charge in [0.1, 0.15) is 6.04 Å². The highest BCUT2D eigenvalue weighted by Crippen LogP contribution is 2.35. The molecule has 1 aliphatic heterocycles. The molecule has 2 fully saturated rings. The van der Waals surface area contributed by atoms with E-state index in [1.165, 1.54) is 31.0 Å². The van der Waals surface area contributed by atoms with Crippen LogP contribution in [0.15, 0.2) is 18.2 Å². The fourth-order valence-electron chi connectivity index (χ4n) is 2.95. The van der Waals surface area contributed by atoms with E-state index < -0.39 is 4.92 Å². The van der Waals surface area contributed by atoms with E-state index in [0.717, 1.165) is 6.42 Å². The van der Waals surface area contributed by atoms with E-state index in [-0.39, 0.29) is 24.2 Å². The van der Waals surface area contributed by atoms with Gasteiger partial charge < -0.3 is 4.90 Å². The molecule has 2 N–H and O–H groups in total. The van der Waals surface area contributed by atoms with Crippen molar-refractivity contribution >= 4 is 23.2 Å². The summed E-state index contributed by atoms with van der Waals surface area (Å²) in [6.07, 6.45) is 3.22. The lowest BCUT2D eigenvalue weighted by Gasteiger charge is -2.21. The summed E-state index contributed by atoms with van der Waals surface area (Å²) < 4.78 is 0. The molecule has 7 nitrogen and oxygen atoms in total. The minimum absolute atomic E-state index is 0.0281. The number of carbonyl (C=O) groups is 1. The van der Waals surface area contributed by atoms with Crippen LogP contribution in [-0.2, 0) is 11.3 Å². The third-order valence-corrected chi connectivity index (χ3v) is 4.81. The molecule has 0 radical (unpaired) electrons. The number of benzene rings is 1. The van der Waals surface area contributed by atoms with Gasteiger partial charge in [-0.2, -0.15) is 0 Å². The van der Waals surface area contributed by atoms with Crippen molar-refractivity contribution in [1.29, 1.82) is 0 Å². The Hall–Kier alpha value is -1.70. The molecular weight excluding hydrogens is 320 g/mol. The molecule has 3 rings (SSSR count). The van der Waals surface area contributed by atoms with Gasteiger partial charge in [0.15, 0.2) is 0 Å². The maximum atomic E-state index is 12.5. The van der Waals surface area contributed by atoms with Crippen LogP contribution in [-0.4, -0.2) is 34.9 Å². The lowest BCUT2D eigenvalue weighted by molar-refractivity contribution is -0.384. The minimum atomic E-state index is -0.468. The minimum Gasteiger partial charge on any atom is -0.340 e. The van der Waals surface area contributed by atoms with Crippen molar-refractivity contribution in [3.05, 3.63) is 38.9 Å². The summed E-state index contributed by atoms with van der Waals surface area (Å²) in [6, 6.07) is 4.36. The summed E-state index contributed by atoms with van der Waals surface area (Å²) in [5.41, 5.74) is 6.79. The fourth-order valence-corrected chi connectivity index (χ4v) is 3.12. The summed E-state index contributed by atoms with van der Waals surface area (Å²) in [6.45, 7) is 0.242. The maximum absolute atomic E-state index is 12.5. The molecule has 0 aromatic heterocycles. The number of non-ortho nitro benzene ring substituents is 1. The summed E-state index contributed by atoms with van der Waals surface area (Å²) in [4.78, 5) is 24.5. The molecule has 0 spiro atoms. The van der Waals surface area contributed by atoms with Crippen LogP contribution in [0, 0.1) is 16.0 Å². The molecule has 1 aromatic rings. The quantitative estimate of drug-likeness (QED) is 0.632. The van der Waals surface area contributed by atoms with Crippen molar-refractivity contribution in [2.75, 3.05) is 7.05 Å². The highest BCUT2D eigenvalue weighted by Gasteiger charge is 2.39. The number of nitro groups is 1. The number of halogens is 1. The van der Waals surface area contributed by atoms with Gasteiger partial charge in [-0.3, -0.25) is 20.3 Å². The van der Waals surface area contributed by atoms with E-state index in [4.69, 9.17) is 11.6 Å². The first-order valence-electron chi connectivity index (χ1n) is 7.64. The van der Waals surface area contributed by atoms with Crippen molar-refractivity contribution in [1.82, 2.24) is 15.8 Å². The predicted molar refractivity (Wildman–Crippen MR) is 85.8 cm³/mol. The number of likely N-dealkylation sites (N-methyl/N-ethyl adjacent to an activating group) is 1. The van der Waals surface area contributed by atoms with Crippen LogP contribution >= 0.6 is 11.6 Å². The molecule has 1 saturated carbocycles. The van der Waals surface area contributed by atoms with Crippen molar-refractivity contribution in [2.24, 2.45) is 5.92 Å². The van der Waals surface area contributed by atoms with Crippen molar-refractivity contribution < 1.29 is 9.72 Å². The van der Waals surface area contributed by atoms with Crippen LogP contribution in [0.25, 0.3) is 0 Å². The summed E-state index contributed by atoms with van der Waals surface area (Å²) >= 11 is 6.09. The molecule has 1 saturated heterocycles. The number of nitrogens with one attached hydrogen (secondary N) is 2. The molecule has 1 heterocycles. The van der Waals surface area contributed by atoms with Gasteiger partial charge in [0, 0.05) is 36.8 Å². The zero-order valence-corrected chi connectivity index (χ0v) is 13.5. The number of amides is 1. The zero-order chi connectivity index (χ0) is 16.6. The molecule has 2 aliphatic rings. The molecule has 1 aliphatic carbocycles. The van der Waals surface area contributed by atoms with E-state index in [1.807, 2.05) is 0 Å². The van der Waals surface area contributed by atoms with Crippen LogP contribution < -0.4 is 10.9 Å². The molecule has 0 bridgehead atoms. The summed E-state index contributed by atoms with van der Waals surface area (Å²) in [5, 5.41) is 11.3. The van der Waals surface area contributed by atoms with E-state index in [9.17, 15) is 14.9 Å². The average molecular weight is 339 g/mol. The van der Waals surface area contributed by atoms with Gasteiger partial charge in [0.25, 0.3) is 5.69 Å². The van der Waals surface area contributed by atoms with Gasteiger partial charge in [0.2, 0.25) is 5.91 Å². The third kappa shape index (κ3) is 3.63. The number of nitrogens with zero attached hydrogens (tertiary/aromatic N) is 2. The lowest BCUT2D eigenvalue weighted by atomic mass is 10.1. The highest BCUT2D eigenvalue weighted by molar-refractivity contribution is 6.31. The zero-order valence-electron chi connectivity index (χ0n) is 12.8. The first-order valence-corrected chi connectivity index (χ1v) is 8.02. The van der Waals surface area contributed by atoms with Crippen LogP contribution in [0.4, 0.5) is 5.69 Å². The van der Waals surface area contributed by atoms with E-state index in [1.54, 1.807) is 11.9 Å². The number of hydrogen-bond acceptors (Lipinski definition) is 5. The number of hydrogen-bond donors (Lipinski definition) is 2.